The summed E-state index contributed by atoms with van der Waals surface area (Å²) in [6.45, 7) is 3.85. The maximum atomic E-state index is 13.0. The number of halogens is 1. The van der Waals surface area contributed by atoms with E-state index < -0.39 is 12.1 Å². The first-order chi connectivity index (χ1) is 16.3. The molecule has 3 amide bonds. The molecule has 0 saturated heterocycles. The molecule has 0 radical (unpaired) electrons. The lowest BCUT2D eigenvalue weighted by Crippen LogP contribution is -2.49. The maximum absolute atomic E-state index is 13.0. The van der Waals surface area contributed by atoms with Gasteiger partial charge in [0.1, 0.15) is 22.5 Å². The molecule has 0 saturated carbocycles. The summed E-state index contributed by atoms with van der Waals surface area (Å²) in [5, 5.41) is 17.5. The number of hydrogen-bond donors (Lipinski definition) is 3. The average Bonchev–Trinajstić information content (AvgIpc) is 3.31. The molecule has 1 heterocycles. The first kappa shape index (κ1) is 25.4. The molecule has 1 aromatic heterocycles. The Kier molecular flexibility index (Phi) is 8.83. The normalized spacial score (nSPS) is 12.4. The highest BCUT2D eigenvalue weighted by molar-refractivity contribution is 9.10. The van der Waals surface area contributed by atoms with Crippen LogP contribution in [0.15, 0.2) is 46.9 Å². The summed E-state index contributed by atoms with van der Waals surface area (Å²) in [7, 11) is 3.04. The number of methoxy groups -OCH3 is 2. The van der Waals surface area contributed by atoms with Crippen LogP contribution >= 0.6 is 27.3 Å². The molecule has 0 bridgehead atoms. The molecule has 0 spiro atoms. The minimum Gasteiger partial charge on any atom is -0.497 e. The van der Waals surface area contributed by atoms with Gasteiger partial charge in [-0.2, -0.15) is 0 Å². The average molecular weight is 548 g/mol. The molecule has 0 aliphatic carbocycles. The summed E-state index contributed by atoms with van der Waals surface area (Å²) in [6, 6.07) is 11.4. The van der Waals surface area contributed by atoms with Crippen molar-refractivity contribution >= 4 is 50.0 Å². The van der Waals surface area contributed by atoms with Crippen molar-refractivity contribution in [2.45, 2.75) is 26.3 Å². The van der Waals surface area contributed by atoms with Gasteiger partial charge in [-0.05, 0) is 30.2 Å². The van der Waals surface area contributed by atoms with Crippen LogP contribution in [0.2, 0.25) is 0 Å². The second-order valence-electron chi connectivity index (χ2n) is 7.44. The Morgan fingerprint density at radius 1 is 1.06 bits per heavy atom. The van der Waals surface area contributed by atoms with Gasteiger partial charge in [0.25, 0.3) is 0 Å². The first-order valence-electron chi connectivity index (χ1n) is 10.5. The monoisotopic (exact) mass is 547 g/mol. The predicted molar refractivity (Wildman–Crippen MR) is 137 cm³/mol. The quantitative estimate of drug-likeness (QED) is 0.341. The molecule has 3 rings (SSSR count). The van der Waals surface area contributed by atoms with Crippen LogP contribution in [0.25, 0.3) is 10.6 Å². The standard InChI is InChI=1S/C23H26BrN5O4S/c1-5-13(2)19(26-22(31)25-17-11-10-16(32-3)12-18(17)33-4)20(30)27-23-29-28-21(34-23)14-6-8-15(24)9-7-14/h6-13,19H,5H2,1-4H3,(H2,25,26,31)(H,27,29,30)/t13-,19-/m0/s1. The molecular weight excluding hydrogens is 522 g/mol. The van der Waals surface area contributed by atoms with Crippen LogP contribution in [0, 0.1) is 5.92 Å². The molecule has 0 aliphatic rings. The lowest BCUT2D eigenvalue weighted by Gasteiger charge is -2.23. The highest BCUT2D eigenvalue weighted by Gasteiger charge is 2.27. The summed E-state index contributed by atoms with van der Waals surface area (Å²) in [5.41, 5.74) is 1.35. The zero-order valence-corrected chi connectivity index (χ0v) is 21.6. The molecule has 2 atom stereocenters. The van der Waals surface area contributed by atoms with Gasteiger partial charge in [-0.3, -0.25) is 10.1 Å². The Balaban J connectivity index is 1.69. The Morgan fingerprint density at radius 3 is 2.44 bits per heavy atom. The molecule has 180 valence electrons. The van der Waals surface area contributed by atoms with E-state index in [2.05, 4.69) is 42.1 Å². The van der Waals surface area contributed by atoms with Gasteiger partial charge >= 0.3 is 6.03 Å². The van der Waals surface area contributed by atoms with Crippen LogP contribution < -0.4 is 25.4 Å². The van der Waals surface area contributed by atoms with E-state index in [0.717, 1.165) is 10.0 Å². The van der Waals surface area contributed by atoms with Gasteiger partial charge in [0.05, 0.1) is 19.9 Å². The Morgan fingerprint density at radius 2 is 1.79 bits per heavy atom. The van der Waals surface area contributed by atoms with Crippen molar-refractivity contribution in [3.05, 3.63) is 46.9 Å². The van der Waals surface area contributed by atoms with Gasteiger partial charge in [0, 0.05) is 16.1 Å². The number of nitrogens with one attached hydrogen (secondary N) is 3. The van der Waals surface area contributed by atoms with E-state index in [0.29, 0.717) is 33.7 Å². The van der Waals surface area contributed by atoms with Crippen LogP contribution in [-0.4, -0.2) is 42.4 Å². The van der Waals surface area contributed by atoms with E-state index in [1.807, 2.05) is 38.1 Å². The minimum absolute atomic E-state index is 0.123. The number of aromatic nitrogens is 2. The van der Waals surface area contributed by atoms with Crippen molar-refractivity contribution in [2.24, 2.45) is 5.92 Å². The van der Waals surface area contributed by atoms with Gasteiger partial charge in [0.2, 0.25) is 11.0 Å². The van der Waals surface area contributed by atoms with Gasteiger partial charge < -0.3 is 20.1 Å². The number of rotatable bonds is 9. The van der Waals surface area contributed by atoms with Gasteiger partial charge in [-0.15, -0.1) is 10.2 Å². The van der Waals surface area contributed by atoms with Crippen molar-refractivity contribution < 1.29 is 19.1 Å². The third-order valence-electron chi connectivity index (χ3n) is 5.19. The number of anilines is 2. The van der Waals surface area contributed by atoms with E-state index in [9.17, 15) is 9.59 Å². The molecule has 9 nitrogen and oxygen atoms in total. The summed E-state index contributed by atoms with van der Waals surface area (Å²) in [6.07, 6.45) is 0.685. The van der Waals surface area contributed by atoms with Crippen molar-refractivity contribution in [3.8, 4) is 22.1 Å². The van der Waals surface area contributed by atoms with Crippen LogP contribution in [0.1, 0.15) is 20.3 Å². The summed E-state index contributed by atoms with van der Waals surface area (Å²) in [4.78, 5) is 25.8. The number of carbonyl (C=O) groups excluding carboxylic acids is 2. The molecule has 0 aliphatic heterocycles. The zero-order chi connectivity index (χ0) is 24.7. The summed E-state index contributed by atoms with van der Waals surface area (Å²) in [5.74, 6) is 0.541. The number of carbonyl (C=O) groups is 2. The molecule has 0 unspecified atom stereocenters. The van der Waals surface area contributed by atoms with Crippen molar-refractivity contribution in [3.63, 3.8) is 0 Å². The third-order valence-corrected chi connectivity index (χ3v) is 6.60. The number of hydrogen-bond acceptors (Lipinski definition) is 7. The van der Waals surface area contributed by atoms with Crippen LogP contribution in [0.4, 0.5) is 15.6 Å². The lowest BCUT2D eigenvalue weighted by molar-refractivity contribution is -0.119. The lowest BCUT2D eigenvalue weighted by atomic mass is 9.98. The molecular formula is C23H26BrN5O4S. The van der Waals surface area contributed by atoms with Gasteiger partial charge in [-0.1, -0.05) is 59.7 Å². The van der Waals surface area contributed by atoms with Crippen molar-refractivity contribution in [1.82, 2.24) is 15.5 Å². The van der Waals surface area contributed by atoms with Crippen LogP contribution in [-0.2, 0) is 4.79 Å². The number of amides is 3. The highest BCUT2D eigenvalue weighted by Crippen LogP contribution is 2.29. The Labute approximate surface area is 210 Å². The minimum atomic E-state index is -0.783. The Bertz CT molecular complexity index is 1140. The fourth-order valence-electron chi connectivity index (χ4n) is 3.07. The summed E-state index contributed by atoms with van der Waals surface area (Å²) >= 11 is 4.67. The van der Waals surface area contributed by atoms with E-state index in [4.69, 9.17) is 9.47 Å². The fraction of sp³-hybridized carbons (Fsp3) is 0.304. The van der Waals surface area contributed by atoms with E-state index in [1.54, 1.807) is 25.3 Å². The number of nitrogens with zero attached hydrogens (tertiary/aromatic N) is 2. The van der Waals surface area contributed by atoms with Gasteiger partial charge in [0.15, 0.2) is 0 Å². The molecule has 34 heavy (non-hydrogen) atoms. The molecule has 0 fully saturated rings. The summed E-state index contributed by atoms with van der Waals surface area (Å²) < 4.78 is 11.5. The Hall–Kier alpha value is -3.18. The zero-order valence-electron chi connectivity index (χ0n) is 19.2. The second kappa shape index (κ2) is 11.8. The maximum Gasteiger partial charge on any atom is 0.320 e. The molecule has 3 aromatic rings. The highest BCUT2D eigenvalue weighted by atomic mass is 79.9. The molecule has 3 N–H and O–H groups in total. The number of benzene rings is 2. The predicted octanol–water partition coefficient (Wildman–Crippen LogP) is 5.16. The second-order valence-corrected chi connectivity index (χ2v) is 9.33. The van der Waals surface area contributed by atoms with Crippen molar-refractivity contribution in [1.29, 1.82) is 0 Å². The SMILES string of the molecule is CC[C@H](C)[C@H](NC(=O)Nc1ccc(OC)cc1OC)C(=O)Nc1nnc(-c2ccc(Br)cc2)s1. The number of ether oxygens (including phenoxy) is 2. The van der Waals surface area contributed by atoms with E-state index in [-0.39, 0.29) is 11.8 Å². The first-order valence-corrected chi connectivity index (χ1v) is 12.1. The molecule has 11 heteroatoms. The topological polar surface area (TPSA) is 114 Å². The van der Waals surface area contributed by atoms with Crippen molar-refractivity contribution in [2.75, 3.05) is 24.9 Å². The van der Waals surface area contributed by atoms with E-state index in [1.165, 1.54) is 18.4 Å². The van der Waals surface area contributed by atoms with E-state index >= 15 is 0 Å². The number of urea groups is 1. The van der Waals surface area contributed by atoms with Crippen LogP contribution in [0.5, 0.6) is 11.5 Å². The fourth-order valence-corrected chi connectivity index (χ4v) is 4.09. The van der Waals surface area contributed by atoms with Crippen LogP contribution in [0.3, 0.4) is 0 Å². The third kappa shape index (κ3) is 6.45. The largest absolute Gasteiger partial charge is 0.497 e. The van der Waals surface area contributed by atoms with Gasteiger partial charge in [-0.25, -0.2) is 4.79 Å². The smallest absolute Gasteiger partial charge is 0.320 e. The molecule has 2 aromatic carbocycles.